The van der Waals surface area contributed by atoms with Crippen molar-refractivity contribution in [2.75, 3.05) is 18.0 Å². The summed E-state index contributed by atoms with van der Waals surface area (Å²) < 4.78 is 0. The first-order valence-electron chi connectivity index (χ1n) is 5.82. The van der Waals surface area contributed by atoms with Crippen molar-refractivity contribution in [1.82, 2.24) is 4.98 Å². The van der Waals surface area contributed by atoms with Gasteiger partial charge in [0.05, 0.1) is 6.20 Å². The number of hydrogen-bond donors (Lipinski definition) is 1. The first-order valence-corrected chi connectivity index (χ1v) is 6.63. The Hall–Kier alpha value is -1.10. The predicted molar refractivity (Wildman–Crippen MR) is 68.8 cm³/mol. The average Bonchev–Trinajstić information content (AvgIpc) is 2.85. The summed E-state index contributed by atoms with van der Waals surface area (Å²) in [6.07, 6.45) is 2.61. The quantitative estimate of drug-likeness (QED) is 0.881. The number of carbonyl (C=O) groups is 1. The number of carboxylic acid groups (broad SMARTS) is 1. The zero-order valence-corrected chi connectivity index (χ0v) is 11.3. The van der Waals surface area contributed by atoms with Crippen LogP contribution >= 0.6 is 11.3 Å². The highest BCUT2D eigenvalue weighted by molar-refractivity contribution is 7.17. The Morgan fingerprint density at radius 2 is 2.29 bits per heavy atom. The van der Waals surface area contributed by atoms with Gasteiger partial charge in [-0.05, 0) is 17.8 Å². The zero-order chi connectivity index (χ0) is 12.6. The lowest BCUT2D eigenvalue weighted by Crippen LogP contribution is -2.25. The SMILES string of the molecule is CC(C)(C)C1CCN(c2ncc(C(=O)O)s2)C1. The number of thiazole rings is 1. The molecule has 1 N–H and O–H groups in total. The third-order valence-electron chi connectivity index (χ3n) is 3.39. The first kappa shape index (κ1) is 12.4. The van der Waals surface area contributed by atoms with Gasteiger partial charge in [0.15, 0.2) is 5.13 Å². The summed E-state index contributed by atoms with van der Waals surface area (Å²) in [5, 5.41) is 9.72. The van der Waals surface area contributed by atoms with E-state index in [1.54, 1.807) is 0 Å². The maximum absolute atomic E-state index is 10.8. The van der Waals surface area contributed by atoms with Gasteiger partial charge in [-0.15, -0.1) is 0 Å². The fourth-order valence-electron chi connectivity index (χ4n) is 2.15. The normalized spacial score (nSPS) is 20.9. The van der Waals surface area contributed by atoms with Crippen molar-refractivity contribution >= 4 is 22.4 Å². The molecule has 0 bridgehead atoms. The molecule has 1 unspecified atom stereocenters. The molecule has 0 radical (unpaired) electrons. The minimum atomic E-state index is -0.889. The molecular formula is C12H18N2O2S. The monoisotopic (exact) mass is 254 g/mol. The average molecular weight is 254 g/mol. The smallest absolute Gasteiger partial charge is 0.347 e. The van der Waals surface area contributed by atoms with Crippen LogP contribution in [0, 0.1) is 11.3 Å². The molecule has 1 fully saturated rings. The highest BCUT2D eigenvalue weighted by Gasteiger charge is 2.32. The molecule has 2 rings (SSSR count). The van der Waals surface area contributed by atoms with Crippen LogP contribution in [0.4, 0.5) is 5.13 Å². The summed E-state index contributed by atoms with van der Waals surface area (Å²) in [4.78, 5) is 17.5. The molecule has 1 saturated heterocycles. The molecule has 0 amide bonds. The van der Waals surface area contributed by atoms with E-state index in [1.807, 2.05) is 0 Å². The Balaban J connectivity index is 2.07. The maximum Gasteiger partial charge on any atom is 0.347 e. The Morgan fingerprint density at radius 3 is 2.76 bits per heavy atom. The predicted octanol–water partition coefficient (Wildman–Crippen LogP) is 2.71. The molecule has 17 heavy (non-hydrogen) atoms. The number of aromatic nitrogens is 1. The zero-order valence-electron chi connectivity index (χ0n) is 10.4. The fraction of sp³-hybridized carbons (Fsp3) is 0.667. The lowest BCUT2D eigenvalue weighted by atomic mass is 9.80. The molecule has 1 aromatic heterocycles. The molecule has 1 atom stereocenters. The minimum absolute atomic E-state index is 0.307. The van der Waals surface area contributed by atoms with E-state index in [0.29, 0.717) is 16.2 Å². The summed E-state index contributed by atoms with van der Waals surface area (Å²) in [6.45, 7) is 8.73. The van der Waals surface area contributed by atoms with Crippen molar-refractivity contribution in [3.8, 4) is 0 Å². The number of nitrogens with zero attached hydrogens (tertiary/aromatic N) is 2. The van der Waals surface area contributed by atoms with Crippen molar-refractivity contribution in [1.29, 1.82) is 0 Å². The number of carboxylic acids is 1. The molecule has 1 aromatic rings. The van der Waals surface area contributed by atoms with E-state index in [2.05, 4.69) is 30.7 Å². The Morgan fingerprint density at radius 1 is 1.59 bits per heavy atom. The molecule has 2 heterocycles. The highest BCUT2D eigenvalue weighted by Crippen LogP contribution is 2.36. The standard InChI is InChI=1S/C12H18N2O2S/c1-12(2,3)8-4-5-14(7-8)11-13-6-9(17-11)10(15)16/h6,8H,4-5,7H2,1-3H3,(H,15,16). The number of hydrogen-bond acceptors (Lipinski definition) is 4. The van der Waals surface area contributed by atoms with Gasteiger partial charge in [0, 0.05) is 13.1 Å². The Labute approximate surface area is 105 Å². The fourth-order valence-corrected chi connectivity index (χ4v) is 2.94. The Kier molecular flexibility index (Phi) is 3.12. The van der Waals surface area contributed by atoms with Gasteiger partial charge in [-0.2, -0.15) is 0 Å². The van der Waals surface area contributed by atoms with E-state index in [9.17, 15) is 4.79 Å². The second kappa shape index (κ2) is 4.29. The van der Waals surface area contributed by atoms with Gasteiger partial charge in [-0.25, -0.2) is 9.78 Å². The largest absolute Gasteiger partial charge is 0.477 e. The lowest BCUT2D eigenvalue weighted by molar-refractivity contribution is 0.0702. The van der Waals surface area contributed by atoms with Crippen LogP contribution in [0.2, 0.25) is 0 Å². The van der Waals surface area contributed by atoms with Crippen LogP contribution in [-0.2, 0) is 0 Å². The van der Waals surface area contributed by atoms with Gasteiger partial charge in [-0.3, -0.25) is 0 Å². The van der Waals surface area contributed by atoms with Crippen LogP contribution in [0.1, 0.15) is 36.9 Å². The van der Waals surface area contributed by atoms with Gasteiger partial charge in [-0.1, -0.05) is 32.1 Å². The first-order chi connectivity index (χ1) is 7.88. The third-order valence-corrected chi connectivity index (χ3v) is 4.43. The molecule has 1 aliphatic rings. The van der Waals surface area contributed by atoms with Crippen molar-refractivity contribution in [3.05, 3.63) is 11.1 Å². The molecule has 0 saturated carbocycles. The van der Waals surface area contributed by atoms with E-state index < -0.39 is 5.97 Å². The van der Waals surface area contributed by atoms with E-state index in [4.69, 9.17) is 5.11 Å². The van der Waals surface area contributed by atoms with Gasteiger partial charge < -0.3 is 10.0 Å². The van der Waals surface area contributed by atoms with Crippen LogP contribution in [0.15, 0.2) is 6.20 Å². The minimum Gasteiger partial charge on any atom is -0.477 e. The van der Waals surface area contributed by atoms with E-state index in [1.165, 1.54) is 17.5 Å². The molecule has 94 valence electrons. The molecule has 4 nitrogen and oxygen atoms in total. The van der Waals surface area contributed by atoms with Crippen molar-refractivity contribution in [3.63, 3.8) is 0 Å². The number of anilines is 1. The topological polar surface area (TPSA) is 53.4 Å². The summed E-state index contributed by atoms with van der Waals surface area (Å²) in [5.41, 5.74) is 0.307. The van der Waals surface area contributed by atoms with Crippen molar-refractivity contribution in [2.45, 2.75) is 27.2 Å². The molecule has 0 spiro atoms. The molecule has 5 heteroatoms. The molecule has 0 aromatic carbocycles. The van der Waals surface area contributed by atoms with Gasteiger partial charge in [0.2, 0.25) is 0 Å². The molecule has 1 aliphatic heterocycles. The molecule has 0 aliphatic carbocycles. The summed E-state index contributed by atoms with van der Waals surface area (Å²) in [6, 6.07) is 0. The van der Waals surface area contributed by atoms with Crippen LogP contribution in [0.3, 0.4) is 0 Å². The van der Waals surface area contributed by atoms with Crippen LogP contribution in [-0.4, -0.2) is 29.1 Å². The van der Waals surface area contributed by atoms with Crippen molar-refractivity contribution in [2.24, 2.45) is 11.3 Å². The van der Waals surface area contributed by atoms with Crippen LogP contribution in [0.5, 0.6) is 0 Å². The van der Waals surface area contributed by atoms with Crippen LogP contribution < -0.4 is 4.90 Å². The third kappa shape index (κ3) is 2.60. The number of aromatic carboxylic acids is 1. The highest BCUT2D eigenvalue weighted by atomic mass is 32.1. The van der Waals surface area contributed by atoms with Gasteiger partial charge in [0.25, 0.3) is 0 Å². The Bertz CT molecular complexity index is 422. The molecular weight excluding hydrogens is 236 g/mol. The van der Waals surface area contributed by atoms with Gasteiger partial charge >= 0.3 is 5.97 Å². The van der Waals surface area contributed by atoms with Crippen LogP contribution in [0.25, 0.3) is 0 Å². The lowest BCUT2D eigenvalue weighted by Gasteiger charge is -2.26. The van der Waals surface area contributed by atoms with Crippen molar-refractivity contribution < 1.29 is 9.90 Å². The summed E-state index contributed by atoms with van der Waals surface area (Å²) in [5.74, 6) is -0.236. The second-order valence-electron chi connectivity index (χ2n) is 5.61. The van der Waals surface area contributed by atoms with E-state index >= 15 is 0 Å². The second-order valence-corrected chi connectivity index (χ2v) is 6.62. The summed E-state index contributed by atoms with van der Waals surface area (Å²) in [7, 11) is 0. The number of rotatable bonds is 2. The summed E-state index contributed by atoms with van der Waals surface area (Å²) >= 11 is 1.27. The maximum atomic E-state index is 10.8. The van der Waals surface area contributed by atoms with E-state index in [-0.39, 0.29) is 0 Å². The van der Waals surface area contributed by atoms with Gasteiger partial charge in [0.1, 0.15) is 4.88 Å². The van der Waals surface area contributed by atoms with E-state index in [0.717, 1.165) is 24.6 Å².